The quantitative estimate of drug-likeness (QED) is 0.632. The summed E-state index contributed by atoms with van der Waals surface area (Å²) in [4.78, 5) is 31.5. The van der Waals surface area contributed by atoms with Gasteiger partial charge in [0.1, 0.15) is 35.2 Å². The van der Waals surface area contributed by atoms with Crippen molar-refractivity contribution in [3.63, 3.8) is 0 Å². The van der Waals surface area contributed by atoms with E-state index < -0.39 is 70.9 Å². The predicted octanol–water partition coefficient (Wildman–Crippen LogP) is 3.81. The lowest BCUT2D eigenvalue weighted by Crippen LogP contribution is -2.58. The Balaban J connectivity index is 1.63. The molecule has 2 aliphatic heterocycles. The van der Waals surface area contributed by atoms with Gasteiger partial charge in [0.05, 0.1) is 5.56 Å². The summed E-state index contributed by atoms with van der Waals surface area (Å²) in [6.07, 6.45) is -7.50. The van der Waals surface area contributed by atoms with Crippen LogP contribution < -0.4 is 4.90 Å². The molecule has 6 atom stereocenters. The molecule has 1 aromatic rings. The number of pyridine rings is 1. The summed E-state index contributed by atoms with van der Waals surface area (Å²) in [6.45, 7) is 0. The van der Waals surface area contributed by atoms with Gasteiger partial charge >= 0.3 is 18.3 Å². The second kappa shape index (κ2) is 7.73. The standard InChI is InChI=1S/C22H20F6N4O3/c23-21(24,25)14-7-15(22(26,27)28)30-18(13(14)8-29)31-11-3-1-9(5-11)16(31)19(33)32-12-4-2-10(6-12)17(32)20(34)35/h7,9-12,16-17H,1-6H2,(H,34,35)/t9-,10-,11+,12+,16-,17-/m0/s1. The van der Waals surface area contributed by atoms with Crippen LogP contribution in [0.3, 0.4) is 0 Å². The molecule has 5 rings (SSSR count). The van der Waals surface area contributed by atoms with E-state index in [4.69, 9.17) is 0 Å². The number of anilines is 1. The first-order chi connectivity index (χ1) is 16.3. The maximum Gasteiger partial charge on any atom is 0.433 e. The number of nitriles is 1. The Morgan fingerprint density at radius 2 is 1.57 bits per heavy atom. The summed E-state index contributed by atoms with van der Waals surface area (Å²) < 4.78 is 81.6. The van der Waals surface area contributed by atoms with Gasteiger partial charge in [0.2, 0.25) is 5.91 Å². The third-order valence-electron chi connectivity index (χ3n) is 7.88. The summed E-state index contributed by atoms with van der Waals surface area (Å²) >= 11 is 0. The SMILES string of the molecule is N#Cc1c(C(F)(F)F)cc(C(F)(F)F)nc1N1[C@@H]2CC[C@@H](C2)[C@H]1C(=O)N1[C@@H]2CC[C@@H](C2)[C@H]1C(=O)O. The fourth-order valence-electron chi connectivity index (χ4n) is 6.58. The summed E-state index contributed by atoms with van der Waals surface area (Å²) in [6, 6.07) is -2.02. The van der Waals surface area contributed by atoms with Gasteiger partial charge in [-0.05, 0) is 56.4 Å². The van der Waals surface area contributed by atoms with Gasteiger partial charge in [0, 0.05) is 12.1 Å². The molecule has 1 N–H and O–H groups in total. The molecule has 2 aliphatic carbocycles. The zero-order valence-electron chi connectivity index (χ0n) is 18.1. The number of amides is 1. The third kappa shape index (κ3) is 3.60. The van der Waals surface area contributed by atoms with Crippen molar-refractivity contribution in [3.8, 4) is 6.07 Å². The predicted molar refractivity (Wildman–Crippen MR) is 106 cm³/mol. The lowest BCUT2D eigenvalue weighted by Gasteiger charge is -2.41. The van der Waals surface area contributed by atoms with E-state index >= 15 is 0 Å². The highest BCUT2D eigenvalue weighted by atomic mass is 19.4. The van der Waals surface area contributed by atoms with Crippen molar-refractivity contribution in [2.75, 3.05) is 4.90 Å². The Bertz CT molecular complexity index is 1130. The number of rotatable bonds is 3. The molecule has 4 aliphatic rings. The van der Waals surface area contributed by atoms with Crippen LogP contribution >= 0.6 is 0 Å². The van der Waals surface area contributed by atoms with Gasteiger partial charge in [-0.2, -0.15) is 31.6 Å². The zero-order valence-corrected chi connectivity index (χ0v) is 18.1. The largest absolute Gasteiger partial charge is 0.480 e. The molecule has 13 heteroatoms. The monoisotopic (exact) mass is 502 g/mol. The van der Waals surface area contributed by atoms with Crippen LogP contribution in [0.2, 0.25) is 0 Å². The third-order valence-corrected chi connectivity index (χ3v) is 7.88. The molecule has 0 spiro atoms. The van der Waals surface area contributed by atoms with Crippen LogP contribution in [0, 0.1) is 23.2 Å². The number of aliphatic carboxylic acids is 1. The number of aromatic nitrogens is 1. The van der Waals surface area contributed by atoms with Gasteiger partial charge in [-0.25, -0.2) is 9.78 Å². The zero-order chi connectivity index (χ0) is 25.4. The van der Waals surface area contributed by atoms with Gasteiger partial charge < -0.3 is 14.9 Å². The molecule has 0 unspecified atom stereocenters. The van der Waals surface area contributed by atoms with Gasteiger partial charge in [-0.15, -0.1) is 0 Å². The highest BCUT2D eigenvalue weighted by Gasteiger charge is 2.58. The highest BCUT2D eigenvalue weighted by Crippen LogP contribution is 2.50. The molecule has 188 valence electrons. The van der Waals surface area contributed by atoms with Crippen molar-refractivity contribution in [2.45, 2.75) is 75.0 Å². The van der Waals surface area contributed by atoms with E-state index in [0.717, 1.165) is 4.90 Å². The van der Waals surface area contributed by atoms with E-state index in [2.05, 4.69) is 4.98 Å². The maximum absolute atomic E-state index is 13.8. The van der Waals surface area contributed by atoms with E-state index in [-0.39, 0.29) is 18.0 Å². The Morgan fingerprint density at radius 3 is 2.14 bits per heavy atom. The number of carboxylic acids is 1. The first kappa shape index (κ1) is 23.7. The minimum atomic E-state index is -5.26. The van der Waals surface area contributed by atoms with Crippen molar-refractivity contribution in [1.82, 2.24) is 9.88 Å². The fourth-order valence-corrected chi connectivity index (χ4v) is 6.58. The fraction of sp³-hybridized carbons (Fsp3) is 0.636. The van der Waals surface area contributed by atoms with Crippen molar-refractivity contribution >= 4 is 17.7 Å². The molecule has 35 heavy (non-hydrogen) atoms. The number of carbonyl (C=O) groups is 2. The van der Waals surface area contributed by atoms with E-state index in [1.54, 1.807) is 0 Å². The van der Waals surface area contributed by atoms with Gasteiger partial charge in [-0.1, -0.05) is 0 Å². The van der Waals surface area contributed by atoms with Crippen LogP contribution in [0.15, 0.2) is 6.07 Å². The number of fused-ring (bicyclic) bond motifs is 4. The summed E-state index contributed by atoms with van der Waals surface area (Å²) in [5.74, 6) is -3.27. The van der Waals surface area contributed by atoms with Crippen LogP contribution in [0.5, 0.6) is 0 Å². The molecule has 7 nitrogen and oxygen atoms in total. The minimum Gasteiger partial charge on any atom is -0.480 e. The van der Waals surface area contributed by atoms with Crippen LogP contribution in [-0.2, 0) is 21.9 Å². The molecular weight excluding hydrogens is 482 g/mol. The lowest BCUT2D eigenvalue weighted by atomic mass is 9.93. The number of carbonyl (C=O) groups excluding carboxylic acids is 1. The maximum atomic E-state index is 13.8. The van der Waals surface area contributed by atoms with Gasteiger partial charge in [0.25, 0.3) is 0 Å². The van der Waals surface area contributed by atoms with E-state index in [9.17, 15) is 46.3 Å². The van der Waals surface area contributed by atoms with Gasteiger partial charge in [-0.3, -0.25) is 4.79 Å². The van der Waals surface area contributed by atoms with Gasteiger partial charge in [0.15, 0.2) is 0 Å². The number of hydrogen-bond acceptors (Lipinski definition) is 5. The Kier molecular flexibility index (Phi) is 5.23. The lowest BCUT2D eigenvalue weighted by molar-refractivity contribution is -0.153. The average Bonchev–Trinajstić information content (AvgIpc) is 3.56. The molecule has 3 heterocycles. The first-order valence-corrected chi connectivity index (χ1v) is 11.3. The number of likely N-dealkylation sites (tertiary alicyclic amines) is 1. The second-order valence-electron chi connectivity index (χ2n) is 9.70. The smallest absolute Gasteiger partial charge is 0.433 e. The van der Waals surface area contributed by atoms with E-state index in [0.29, 0.717) is 38.5 Å². The topological polar surface area (TPSA) is 97.5 Å². The normalized spacial score (nSPS) is 31.8. The summed E-state index contributed by atoms with van der Waals surface area (Å²) in [7, 11) is 0. The van der Waals surface area contributed by atoms with Crippen molar-refractivity contribution in [1.29, 1.82) is 5.26 Å². The average molecular weight is 502 g/mol. The van der Waals surface area contributed by atoms with Crippen molar-refractivity contribution in [3.05, 3.63) is 22.9 Å². The number of hydrogen-bond donors (Lipinski definition) is 1. The van der Waals surface area contributed by atoms with Crippen LogP contribution in [-0.4, -0.2) is 51.0 Å². The number of piperidine rings is 2. The van der Waals surface area contributed by atoms with Crippen molar-refractivity contribution in [2.24, 2.45) is 11.8 Å². The summed E-state index contributed by atoms with van der Waals surface area (Å²) in [5.41, 5.74) is -4.65. The molecule has 0 aromatic carbocycles. The second-order valence-corrected chi connectivity index (χ2v) is 9.70. The number of nitrogens with zero attached hydrogens (tertiary/aromatic N) is 4. The highest BCUT2D eigenvalue weighted by molar-refractivity contribution is 5.92. The number of halogens is 6. The Labute approximate surface area is 195 Å². The molecule has 4 fully saturated rings. The molecular formula is C22H20F6N4O3. The first-order valence-electron chi connectivity index (χ1n) is 11.3. The van der Waals surface area contributed by atoms with Crippen LogP contribution in [0.1, 0.15) is 55.3 Å². The minimum absolute atomic E-state index is 0.187. The Hall–Kier alpha value is -3.04. The molecule has 2 saturated heterocycles. The van der Waals surface area contributed by atoms with Crippen molar-refractivity contribution < 1.29 is 41.0 Å². The molecule has 0 radical (unpaired) electrons. The number of alkyl halides is 6. The molecule has 1 aromatic heterocycles. The van der Waals surface area contributed by atoms with Crippen LogP contribution in [0.25, 0.3) is 0 Å². The van der Waals surface area contributed by atoms with E-state index in [1.807, 2.05) is 0 Å². The van der Waals surface area contributed by atoms with E-state index in [1.165, 1.54) is 11.0 Å². The number of carboxylic acid groups (broad SMARTS) is 1. The summed E-state index contributed by atoms with van der Waals surface area (Å²) in [5, 5.41) is 19.3. The van der Waals surface area contributed by atoms with Crippen LogP contribution in [0.4, 0.5) is 32.2 Å². The molecule has 4 bridgehead atoms. The molecule has 2 saturated carbocycles. The molecule has 1 amide bonds. The Morgan fingerprint density at radius 1 is 0.971 bits per heavy atom.